The number of methoxy groups -OCH3 is 2. The summed E-state index contributed by atoms with van der Waals surface area (Å²) in [6.45, 7) is 1.61. The first-order valence-corrected chi connectivity index (χ1v) is 10.1. The number of nitrogens with zero attached hydrogens (tertiary/aromatic N) is 2. The van der Waals surface area contributed by atoms with E-state index in [4.69, 9.17) is 9.47 Å². The summed E-state index contributed by atoms with van der Waals surface area (Å²) in [5, 5.41) is 9.51. The van der Waals surface area contributed by atoms with E-state index in [1.807, 2.05) is 24.3 Å². The lowest BCUT2D eigenvalue weighted by molar-refractivity contribution is 0.297. The van der Waals surface area contributed by atoms with Gasteiger partial charge < -0.3 is 9.47 Å². The van der Waals surface area contributed by atoms with Crippen LogP contribution in [-0.2, 0) is 16.4 Å². The lowest BCUT2D eigenvalue weighted by Gasteiger charge is -2.31. The number of benzene rings is 2. The Bertz CT molecular complexity index is 982. The van der Waals surface area contributed by atoms with Crippen molar-refractivity contribution in [2.24, 2.45) is 0 Å². The Labute approximate surface area is 160 Å². The second-order valence-electron chi connectivity index (χ2n) is 6.41. The van der Waals surface area contributed by atoms with Crippen LogP contribution < -0.4 is 9.47 Å². The van der Waals surface area contributed by atoms with Crippen LogP contribution in [0.1, 0.15) is 30.5 Å². The number of nitriles is 1. The Morgan fingerprint density at radius 2 is 1.85 bits per heavy atom. The second-order valence-corrected chi connectivity index (χ2v) is 8.25. The average molecular weight is 386 g/mol. The summed E-state index contributed by atoms with van der Waals surface area (Å²) in [6, 6.07) is 13.2. The fourth-order valence-electron chi connectivity index (χ4n) is 3.60. The van der Waals surface area contributed by atoms with Gasteiger partial charge in [0.05, 0.1) is 31.2 Å². The fourth-order valence-corrected chi connectivity index (χ4v) is 5.36. The average Bonchev–Trinajstić information content (AvgIpc) is 3.10. The van der Waals surface area contributed by atoms with Crippen molar-refractivity contribution in [2.75, 3.05) is 14.2 Å². The molecule has 2 unspecified atom stereocenters. The van der Waals surface area contributed by atoms with E-state index in [9.17, 15) is 13.7 Å². The zero-order valence-corrected chi connectivity index (χ0v) is 16.4. The highest BCUT2D eigenvalue weighted by molar-refractivity contribution is 7.89. The van der Waals surface area contributed by atoms with Gasteiger partial charge in [0.15, 0.2) is 11.5 Å². The number of aryl methyl sites for hydroxylation is 1. The molecule has 0 aromatic heterocycles. The number of fused-ring (bicyclic) bond motifs is 1. The van der Waals surface area contributed by atoms with Gasteiger partial charge in [0, 0.05) is 6.07 Å². The van der Waals surface area contributed by atoms with Crippen molar-refractivity contribution >= 4 is 10.0 Å². The maximum atomic E-state index is 13.5. The lowest BCUT2D eigenvalue weighted by Crippen LogP contribution is -2.40. The molecular formula is C20H22N2O4S. The Morgan fingerprint density at radius 1 is 1.15 bits per heavy atom. The molecule has 0 N–H and O–H groups in total. The molecule has 0 radical (unpaired) electrons. The van der Waals surface area contributed by atoms with Crippen molar-refractivity contribution < 1.29 is 17.9 Å². The van der Waals surface area contributed by atoms with E-state index in [-0.39, 0.29) is 10.9 Å². The topological polar surface area (TPSA) is 79.6 Å². The van der Waals surface area contributed by atoms with Crippen LogP contribution in [-0.4, -0.2) is 33.0 Å². The van der Waals surface area contributed by atoms with Crippen molar-refractivity contribution in [3.63, 3.8) is 0 Å². The molecule has 2 aromatic rings. The molecule has 1 aliphatic rings. The Balaban J connectivity index is 2.10. The highest BCUT2D eigenvalue weighted by atomic mass is 32.2. The van der Waals surface area contributed by atoms with Gasteiger partial charge in [0.1, 0.15) is 6.04 Å². The van der Waals surface area contributed by atoms with Gasteiger partial charge in [0.25, 0.3) is 0 Å². The third-order valence-corrected chi connectivity index (χ3v) is 6.88. The van der Waals surface area contributed by atoms with Crippen LogP contribution in [0.25, 0.3) is 0 Å². The van der Waals surface area contributed by atoms with E-state index in [1.165, 1.54) is 30.7 Å². The van der Waals surface area contributed by atoms with Crippen molar-refractivity contribution in [2.45, 2.75) is 36.7 Å². The third-order valence-electron chi connectivity index (χ3n) is 4.91. The molecule has 7 heteroatoms. The van der Waals surface area contributed by atoms with E-state index < -0.39 is 16.1 Å². The van der Waals surface area contributed by atoms with Crippen molar-refractivity contribution in [1.29, 1.82) is 5.26 Å². The summed E-state index contributed by atoms with van der Waals surface area (Å²) in [5.74, 6) is 0.775. The number of rotatable bonds is 6. The zero-order valence-electron chi connectivity index (χ0n) is 15.5. The number of ether oxygens (including phenoxy) is 2. The fraction of sp³-hybridized carbons (Fsp3) is 0.350. The van der Waals surface area contributed by atoms with Gasteiger partial charge in [-0.3, -0.25) is 0 Å². The van der Waals surface area contributed by atoms with Crippen LogP contribution in [0.5, 0.6) is 11.5 Å². The van der Waals surface area contributed by atoms with E-state index in [1.54, 1.807) is 13.0 Å². The van der Waals surface area contributed by atoms with Gasteiger partial charge in [-0.15, -0.1) is 0 Å². The summed E-state index contributed by atoms with van der Waals surface area (Å²) < 4.78 is 38.7. The quantitative estimate of drug-likeness (QED) is 0.761. The first kappa shape index (κ1) is 19.2. The summed E-state index contributed by atoms with van der Waals surface area (Å²) in [5.41, 5.74) is 2.09. The number of sulfonamides is 1. The van der Waals surface area contributed by atoms with Crippen molar-refractivity contribution in [1.82, 2.24) is 4.31 Å². The molecule has 0 bridgehead atoms. The molecule has 0 heterocycles. The van der Waals surface area contributed by atoms with E-state index in [2.05, 4.69) is 6.07 Å². The smallest absolute Gasteiger partial charge is 0.244 e. The van der Waals surface area contributed by atoms with E-state index in [0.29, 0.717) is 17.9 Å². The van der Waals surface area contributed by atoms with Crippen LogP contribution in [0.15, 0.2) is 47.4 Å². The van der Waals surface area contributed by atoms with Crippen LogP contribution in [0.3, 0.4) is 0 Å². The number of hydrogen-bond acceptors (Lipinski definition) is 5. The van der Waals surface area contributed by atoms with E-state index >= 15 is 0 Å². The molecule has 0 saturated heterocycles. The van der Waals surface area contributed by atoms with Crippen LogP contribution in [0.4, 0.5) is 0 Å². The summed E-state index contributed by atoms with van der Waals surface area (Å²) >= 11 is 0. The predicted octanol–water partition coefficient (Wildman–Crippen LogP) is 3.29. The van der Waals surface area contributed by atoms with Gasteiger partial charge >= 0.3 is 0 Å². The maximum absolute atomic E-state index is 13.5. The van der Waals surface area contributed by atoms with Gasteiger partial charge in [-0.25, -0.2) is 8.42 Å². The molecule has 1 aliphatic carbocycles. The standard InChI is InChI=1S/C20H22N2O4S/c1-14(13-21)22(18-10-8-15-6-4-5-7-17(15)18)27(23,24)16-9-11-19(25-2)20(12-16)26-3/h4-7,9,11-12,14,18H,8,10H2,1-3H3. The zero-order chi connectivity index (χ0) is 19.6. The minimum atomic E-state index is -3.92. The highest BCUT2D eigenvalue weighted by Gasteiger charge is 2.39. The minimum Gasteiger partial charge on any atom is -0.493 e. The highest BCUT2D eigenvalue weighted by Crippen LogP contribution is 2.40. The monoisotopic (exact) mass is 386 g/mol. The van der Waals surface area contributed by atoms with Crippen LogP contribution in [0.2, 0.25) is 0 Å². The minimum absolute atomic E-state index is 0.0756. The van der Waals surface area contributed by atoms with Crippen LogP contribution >= 0.6 is 0 Å². The molecule has 2 aromatic carbocycles. The normalized spacial score (nSPS) is 17.2. The second kappa shape index (κ2) is 7.59. The predicted molar refractivity (Wildman–Crippen MR) is 101 cm³/mol. The molecule has 6 nitrogen and oxygen atoms in total. The third kappa shape index (κ3) is 3.38. The Kier molecular flexibility index (Phi) is 5.40. The number of hydrogen-bond donors (Lipinski definition) is 0. The Morgan fingerprint density at radius 3 is 2.52 bits per heavy atom. The molecule has 27 heavy (non-hydrogen) atoms. The van der Waals surface area contributed by atoms with E-state index in [0.717, 1.165) is 17.5 Å². The molecule has 0 saturated carbocycles. The van der Waals surface area contributed by atoms with Gasteiger partial charge in [-0.1, -0.05) is 24.3 Å². The summed E-state index contributed by atoms with van der Waals surface area (Å²) in [7, 11) is -0.974. The van der Waals surface area contributed by atoms with Crippen molar-refractivity contribution in [3.05, 3.63) is 53.6 Å². The molecule has 3 rings (SSSR count). The molecule has 142 valence electrons. The molecular weight excluding hydrogens is 364 g/mol. The Hall–Kier alpha value is -2.56. The molecule has 2 atom stereocenters. The molecule has 0 spiro atoms. The molecule has 0 amide bonds. The maximum Gasteiger partial charge on any atom is 0.244 e. The van der Waals surface area contributed by atoms with Crippen molar-refractivity contribution in [3.8, 4) is 17.6 Å². The molecule has 0 fully saturated rings. The first-order valence-electron chi connectivity index (χ1n) is 8.67. The first-order chi connectivity index (χ1) is 12.9. The van der Waals surface area contributed by atoms with Gasteiger partial charge in [0.2, 0.25) is 10.0 Å². The lowest BCUT2D eigenvalue weighted by atomic mass is 10.1. The SMILES string of the molecule is COc1ccc(S(=O)(=O)N(C(C)C#N)C2CCc3ccccc32)cc1OC. The largest absolute Gasteiger partial charge is 0.493 e. The summed E-state index contributed by atoms with van der Waals surface area (Å²) in [6.07, 6.45) is 1.44. The van der Waals surface area contributed by atoms with Gasteiger partial charge in [-0.2, -0.15) is 9.57 Å². The van der Waals surface area contributed by atoms with Crippen LogP contribution in [0, 0.1) is 11.3 Å². The molecule has 0 aliphatic heterocycles. The summed E-state index contributed by atoms with van der Waals surface area (Å²) in [4.78, 5) is 0.0756. The van der Waals surface area contributed by atoms with Gasteiger partial charge in [-0.05, 0) is 43.0 Å².